The van der Waals surface area contributed by atoms with E-state index in [-0.39, 0.29) is 11.9 Å². The molecule has 2 aromatic rings. The number of hydrogen-bond acceptors (Lipinski definition) is 5. The van der Waals surface area contributed by atoms with Crippen LogP contribution in [-0.4, -0.2) is 65.4 Å². The van der Waals surface area contributed by atoms with Gasteiger partial charge >= 0.3 is 0 Å². The van der Waals surface area contributed by atoms with Gasteiger partial charge in [-0.25, -0.2) is 4.98 Å². The van der Waals surface area contributed by atoms with Crippen molar-refractivity contribution in [3.8, 4) is 0 Å². The largest absolute Gasteiger partial charge is 0.353 e. The first-order valence-electron chi connectivity index (χ1n) is 8.69. The molecule has 132 valence electrons. The minimum Gasteiger partial charge on any atom is -0.353 e. The fourth-order valence-electron chi connectivity index (χ4n) is 3.06. The van der Waals surface area contributed by atoms with Crippen molar-refractivity contribution >= 4 is 11.7 Å². The summed E-state index contributed by atoms with van der Waals surface area (Å²) in [6, 6.07) is 10.2. The van der Waals surface area contributed by atoms with Gasteiger partial charge < -0.3 is 9.80 Å². The highest BCUT2D eigenvalue weighted by atomic mass is 16.2. The summed E-state index contributed by atoms with van der Waals surface area (Å²) in [6.07, 6.45) is 5.18. The Morgan fingerprint density at radius 3 is 2.52 bits per heavy atom. The SMILES string of the molecule is C[C@H](c1ccccc1)N(C)C(=O)CN1CCN(c2cnccn2)CC1. The van der Waals surface area contributed by atoms with Crippen molar-refractivity contribution in [3.05, 3.63) is 54.5 Å². The Hall–Kier alpha value is -2.47. The standard InChI is InChI=1S/C19H25N5O/c1-16(17-6-4-3-5-7-17)22(2)19(25)15-23-10-12-24(13-11-23)18-14-20-8-9-21-18/h3-9,14,16H,10-13,15H2,1-2H3/t16-/m1/s1. The van der Waals surface area contributed by atoms with Crippen LogP contribution in [0.2, 0.25) is 0 Å². The van der Waals surface area contributed by atoms with Gasteiger partial charge in [0.05, 0.1) is 18.8 Å². The normalized spacial score (nSPS) is 16.5. The smallest absolute Gasteiger partial charge is 0.236 e. The van der Waals surface area contributed by atoms with Crippen LogP contribution >= 0.6 is 0 Å². The summed E-state index contributed by atoms with van der Waals surface area (Å²) in [5.74, 6) is 1.06. The van der Waals surface area contributed by atoms with E-state index in [9.17, 15) is 4.79 Å². The summed E-state index contributed by atoms with van der Waals surface area (Å²) >= 11 is 0. The van der Waals surface area contributed by atoms with Gasteiger partial charge in [-0.3, -0.25) is 14.7 Å². The fourth-order valence-corrected chi connectivity index (χ4v) is 3.06. The van der Waals surface area contributed by atoms with Crippen molar-refractivity contribution in [1.29, 1.82) is 0 Å². The average molecular weight is 339 g/mol. The number of amides is 1. The maximum atomic E-state index is 12.6. The summed E-state index contributed by atoms with van der Waals surface area (Å²) in [7, 11) is 1.88. The van der Waals surface area contributed by atoms with Gasteiger partial charge in [-0.05, 0) is 12.5 Å². The molecule has 0 N–H and O–H groups in total. The lowest BCUT2D eigenvalue weighted by Gasteiger charge is -2.36. The molecule has 6 nitrogen and oxygen atoms in total. The molecular formula is C19H25N5O. The topological polar surface area (TPSA) is 52.6 Å². The van der Waals surface area contributed by atoms with E-state index in [4.69, 9.17) is 0 Å². The van der Waals surface area contributed by atoms with Gasteiger partial charge in [0.2, 0.25) is 5.91 Å². The predicted molar refractivity (Wildman–Crippen MR) is 98.3 cm³/mol. The van der Waals surface area contributed by atoms with Crippen LogP contribution in [0.5, 0.6) is 0 Å². The molecule has 0 unspecified atom stereocenters. The zero-order valence-corrected chi connectivity index (χ0v) is 14.9. The van der Waals surface area contributed by atoms with E-state index in [2.05, 4.69) is 38.8 Å². The Labute approximate surface area is 149 Å². The van der Waals surface area contributed by atoms with Gasteiger partial charge in [-0.15, -0.1) is 0 Å². The zero-order chi connectivity index (χ0) is 17.6. The van der Waals surface area contributed by atoms with Crippen LogP contribution in [0.25, 0.3) is 0 Å². The average Bonchev–Trinajstić information content (AvgIpc) is 2.68. The van der Waals surface area contributed by atoms with Crippen molar-refractivity contribution in [2.45, 2.75) is 13.0 Å². The summed E-state index contributed by atoms with van der Waals surface area (Å²) in [5, 5.41) is 0. The van der Waals surface area contributed by atoms with Crippen molar-refractivity contribution < 1.29 is 4.79 Å². The Morgan fingerprint density at radius 1 is 1.16 bits per heavy atom. The van der Waals surface area contributed by atoms with Crippen LogP contribution in [0, 0.1) is 0 Å². The van der Waals surface area contributed by atoms with Gasteiger partial charge in [0.1, 0.15) is 5.82 Å². The van der Waals surface area contributed by atoms with Crippen LogP contribution < -0.4 is 4.90 Å². The zero-order valence-electron chi connectivity index (χ0n) is 14.9. The Bertz CT molecular complexity index is 671. The molecule has 1 saturated heterocycles. The minimum absolute atomic E-state index is 0.0783. The van der Waals surface area contributed by atoms with Crippen molar-refractivity contribution in [2.75, 3.05) is 44.7 Å². The van der Waals surface area contributed by atoms with Crippen LogP contribution in [0.15, 0.2) is 48.9 Å². The number of benzene rings is 1. The van der Waals surface area contributed by atoms with E-state index in [0.29, 0.717) is 6.54 Å². The van der Waals surface area contributed by atoms with Crippen LogP contribution in [0.3, 0.4) is 0 Å². The lowest BCUT2D eigenvalue weighted by molar-refractivity contribution is -0.133. The van der Waals surface area contributed by atoms with Gasteiger partial charge in [-0.1, -0.05) is 30.3 Å². The van der Waals surface area contributed by atoms with E-state index in [0.717, 1.165) is 37.6 Å². The third-order valence-corrected chi connectivity index (χ3v) is 4.86. The second-order valence-corrected chi connectivity index (χ2v) is 6.42. The van der Waals surface area contributed by atoms with Crippen molar-refractivity contribution in [2.24, 2.45) is 0 Å². The van der Waals surface area contributed by atoms with Gasteiger partial charge in [0.25, 0.3) is 0 Å². The van der Waals surface area contributed by atoms with Crippen molar-refractivity contribution in [1.82, 2.24) is 19.8 Å². The Kier molecular flexibility index (Phi) is 5.60. The first-order valence-corrected chi connectivity index (χ1v) is 8.69. The van der Waals surface area contributed by atoms with E-state index in [1.54, 1.807) is 18.6 Å². The maximum Gasteiger partial charge on any atom is 0.236 e. The molecule has 1 fully saturated rings. The highest BCUT2D eigenvalue weighted by molar-refractivity contribution is 5.78. The lowest BCUT2D eigenvalue weighted by Crippen LogP contribution is -2.50. The fraction of sp³-hybridized carbons (Fsp3) is 0.421. The lowest BCUT2D eigenvalue weighted by atomic mass is 10.1. The highest BCUT2D eigenvalue weighted by Crippen LogP contribution is 2.19. The van der Waals surface area contributed by atoms with Gasteiger partial charge in [-0.2, -0.15) is 0 Å². The van der Waals surface area contributed by atoms with Gasteiger partial charge in [0.15, 0.2) is 0 Å². The Balaban J connectivity index is 1.50. The summed E-state index contributed by atoms with van der Waals surface area (Å²) in [4.78, 5) is 27.4. The number of carbonyl (C=O) groups excluding carboxylic acids is 1. The molecule has 1 aromatic carbocycles. The highest BCUT2D eigenvalue weighted by Gasteiger charge is 2.23. The molecule has 0 saturated carbocycles. The Morgan fingerprint density at radius 2 is 1.88 bits per heavy atom. The molecule has 0 radical (unpaired) electrons. The molecule has 1 amide bonds. The number of nitrogens with zero attached hydrogens (tertiary/aromatic N) is 5. The van der Waals surface area contributed by atoms with Crippen molar-refractivity contribution in [3.63, 3.8) is 0 Å². The molecule has 0 aliphatic carbocycles. The monoisotopic (exact) mass is 339 g/mol. The van der Waals surface area contributed by atoms with E-state index >= 15 is 0 Å². The quantitative estimate of drug-likeness (QED) is 0.832. The molecule has 1 aromatic heterocycles. The number of rotatable bonds is 5. The number of aromatic nitrogens is 2. The second-order valence-electron chi connectivity index (χ2n) is 6.42. The van der Waals surface area contributed by atoms with E-state index in [1.807, 2.05) is 30.1 Å². The second kappa shape index (κ2) is 8.07. The molecule has 1 atom stereocenters. The molecule has 1 aliphatic rings. The summed E-state index contributed by atoms with van der Waals surface area (Å²) in [6.45, 7) is 5.97. The first-order chi connectivity index (χ1) is 12.1. The van der Waals surface area contributed by atoms with Gasteiger partial charge in [0, 0.05) is 45.6 Å². The number of likely N-dealkylation sites (N-methyl/N-ethyl adjacent to an activating group) is 1. The predicted octanol–water partition coefficient (Wildman–Crippen LogP) is 1.82. The molecule has 3 rings (SSSR count). The molecule has 6 heteroatoms. The first kappa shape index (κ1) is 17.4. The number of piperazine rings is 1. The third-order valence-electron chi connectivity index (χ3n) is 4.86. The van der Waals surface area contributed by atoms with E-state index in [1.165, 1.54) is 0 Å². The maximum absolute atomic E-state index is 12.6. The number of hydrogen-bond donors (Lipinski definition) is 0. The van der Waals surface area contributed by atoms with Crippen LogP contribution in [-0.2, 0) is 4.79 Å². The van der Waals surface area contributed by atoms with Crippen LogP contribution in [0.4, 0.5) is 5.82 Å². The third kappa shape index (κ3) is 4.33. The molecular weight excluding hydrogens is 314 g/mol. The number of anilines is 1. The summed E-state index contributed by atoms with van der Waals surface area (Å²) in [5.41, 5.74) is 1.16. The minimum atomic E-state index is 0.0783. The summed E-state index contributed by atoms with van der Waals surface area (Å²) < 4.78 is 0. The van der Waals surface area contributed by atoms with Crippen LogP contribution in [0.1, 0.15) is 18.5 Å². The molecule has 0 bridgehead atoms. The van der Waals surface area contributed by atoms with E-state index < -0.39 is 0 Å². The molecule has 1 aliphatic heterocycles. The number of carbonyl (C=O) groups is 1. The molecule has 0 spiro atoms. The molecule has 25 heavy (non-hydrogen) atoms. The molecule has 2 heterocycles.